The molecule has 0 fully saturated rings. The maximum Gasteiger partial charge on any atom is 0.211 e. The van der Waals surface area contributed by atoms with E-state index in [1.54, 1.807) is 0 Å². The zero-order valence-electron chi connectivity index (χ0n) is 12.9. The van der Waals surface area contributed by atoms with Gasteiger partial charge >= 0.3 is 0 Å². The van der Waals surface area contributed by atoms with Crippen molar-refractivity contribution in [2.24, 2.45) is 0 Å². The van der Waals surface area contributed by atoms with Gasteiger partial charge in [0, 0.05) is 19.1 Å². The highest BCUT2D eigenvalue weighted by Gasteiger charge is 2.13. The zero-order chi connectivity index (χ0) is 15.2. The first-order chi connectivity index (χ1) is 9.34. The molecule has 0 aliphatic carbocycles. The molecule has 1 unspecified atom stereocenters. The highest BCUT2D eigenvalue weighted by atomic mass is 32.2. The van der Waals surface area contributed by atoms with Gasteiger partial charge in [0.05, 0.1) is 6.26 Å². The number of rotatable bonds is 8. The summed E-state index contributed by atoms with van der Waals surface area (Å²) in [5.74, 6) is 0. The van der Waals surface area contributed by atoms with Crippen LogP contribution in [0.25, 0.3) is 0 Å². The van der Waals surface area contributed by atoms with Crippen molar-refractivity contribution in [2.75, 3.05) is 25.9 Å². The Hall–Kier alpha value is -0.910. The SMILES string of the molecule is CCN(CCCNC(C)c1ccc(C)cc1)S(C)(=O)=O. The van der Waals surface area contributed by atoms with E-state index in [9.17, 15) is 8.42 Å². The highest BCUT2D eigenvalue weighted by molar-refractivity contribution is 7.88. The normalized spacial score (nSPS) is 13.7. The molecule has 1 atom stereocenters. The molecule has 0 amide bonds. The lowest BCUT2D eigenvalue weighted by Crippen LogP contribution is -2.32. The van der Waals surface area contributed by atoms with Crippen LogP contribution in [0.4, 0.5) is 0 Å². The molecule has 0 aliphatic rings. The van der Waals surface area contributed by atoms with Crippen molar-refractivity contribution in [3.05, 3.63) is 35.4 Å². The van der Waals surface area contributed by atoms with E-state index in [0.29, 0.717) is 13.1 Å². The summed E-state index contributed by atoms with van der Waals surface area (Å²) in [6, 6.07) is 8.75. The van der Waals surface area contributed by atoms with Gasteiger partial charge in [-0.05, 0) is 32.4 Å². The molecular weight excluding hydrogens is 272 g/mol. The lowest BCUT2D eigenvalue weighted by Gasteiger charge is -2.19. The van der Waals surface area contributed by atoms with Crippen LogP contribution in [-0.2, 0) is 10.0 Å². The Bertz CT molecular complexity index is 497. The van der Waals surface area contributed by atoms with Crippen LogP contribution in [0.15, 0.2) is 24.3 Å². The Kier molecular flexibility index (Phi) is 6.65. The molecule has 0 aliphatic heterocycles. The van der Waals surface area contributed by atoms with E-state index in [-0.39, 0.29) is 6.04 Å². The Balaban J connectivity index is 2.35. The number of aryl methyl sites for hydroxylation is 1. The molecule has 0 aromatic heterocycles. The molecule has 5 heteroatoms. The standard InChI is InChI=1S/C15H26N2O2S/c1-5-17(20(4,18)19)12-6-11-16-14(3)15-9-7-13(2)8-10-15/h7-10,14,16H,5-6,11-12H2,1-4H3. The smallest absolute Gasteiger partial charge is 0.211 e. The Morgan fingerprint density at radius 2 is 1.85 bits per heavy atom. The summed E-state index contributed by atoms with van der Waals surface area (Å²) in [5, 5.41) is 3.43. The van der Waals surface area contributed by atoms with Crippen molar-refractivity contribution >= 4 is 10.0 Å². The minimum atomic E-state index is -3.07. The van der Waals surface area contributed by atoms with Crippen molar-refractivity contribution in [2.45, 2.75) is 33.2 Å². The lowest BCUT2D eigenvalue weighted by molar-refractivity contribution is 0.413. The van der Waals surface area contributed by atoms with Gasteiger partial charge in [0.15, 0.2) is 0 Å². The molecule has 1 aromatic rings. The summed E-state index contributed by atoms with van der Waals surface area (Å²) in [6.07, 6.45) is 2.08. The van der Waals surface area contributed by atoms with Gasteiger partial charge in [-0.15, -0.1) is 0 Å². The lowest BCUT2D eigenvalue weighted by atomic mass is 10.1. The first-order valence-corrected chi connectivity index (χ1v) is 8.94. The monoisotopic (exact) mass is 298 g/mol. The zero-order valence-corrected chi connectivity index (χ0v) is 13.7. The maximum absolute atomic E-state index is 11.4. The third-order valence-electron chi connectivity index (χ3n) is 3.43. The number of benzene rings is 1. The van der Waals surface area contributed by atoms with E-state index in [2.05, 4.69) is 43.4 Å². The number of hydrogen-bond acceptors (Lipinski definition) is 3. The minimum Gasteiger partial charge on any atom is -0.310 e. The van der Waals surface area contributed by atoms with Gasteiger partial charge in [-0.3, -0.25) is 0 Å². The second kappa shape index (κ2) is 7.76. The van der Waals surface area contributed by atoms with E-state index >= 15 is 0 Å². The van der Waals surface area contributed by atoms with Crippen molar-refractivity contribution in [3.63, 3.8) is 0 Å². The molecule has 1 aromatic carbocycles. The molecule has 0 saturated heterocycles. The Morgan fingerprint density at radius 1 is 1.25 bits per heavy atom. The van der Waals surface area contributed by atoms with Crippen LogP contribution in [-0.4, -0.2) is 38.6 Å². The second-order valence-electron chi connectivity index (χ2n) is 5.19. The van der Waals surface area contributed by atoms with Crippen LogP contribution in [0.2, 0.25) is 0 Å². The average molecular weight is 298 g/mol. The van der Waals surface area contributed by atoms with Gasteiger partial charge in [-0.25, -0.2) is 12.7 Å². The summed E-state index contributed by atoms with van der Waals surface area (Å²) in [7, 11) is -3.07. The highest BCUT2D eigenvalue weighted by Crippen LogP contribution is 2.12. The van der Waals surface area contributed by atoms with Gasteiger partial charge in [0.2, 0.25) is 10.0 Å². The molecule has 0 radical (unpaired) electrons. The number of nitrogens with one attached hydrogen (secondary N) is 1. The first kappa shape index (κ1) is 17.1. The van der Waals surface area contributed by atoms with Crippen molar-refractivity contribution < 1.29 is 8.42 Å². The van der Waals surface area contributed by atoms with Crippen LogP contribution < -0.4 is 5.32 Å². The third kappa shape index (κ3) is 5.61. The first-order valence-electron chi connectivity index (χ1n) is 7.09. The summed E-state index contributed by atoms with van der Waals surface area (Å²) in [4.78, 5) is 0. The molecule has 0 saturated carbocycles. The van der Waals surface area contributed by atoms with E-state index in [1.807, 2.05) is 6.92 Å². The maximum atomic E-state index is 11.4. The fourth-order valence-electron chi connectivity index (χ4n) is 2.11. The number of hydrogen-bond donors (Lipinski definition) is 1. The molecule has 1 N–H and O–H groups in total. The summed E-state index contributed by atoms with van der Waals surface area (Å²) in [6.45, 7) is 7.98. The van der Waals surface area contributed by atoms with Gasteiger partial charge < -0.3 is 5.32 Å². The average Bonchev–Trinajstić information content (AvgIpc) is 2.37. The minimum absolute atomic E-state index is 0.281. The predicted octanol–water partition coefficient (Wildman–Crippen LogP) is 2.32. The van der Waals surface area contributed by atoms with Gasteiger partial charge in [0.1, 0.15) is 0 Å². The van der Waals surface area contributed by atoms with E-state index in [4.69, 9.17) is 0 Å². The molecule has 1 rings (SSSR count). The molecule has 0 heterocycles. The van der Waals surface area contributed by atoms with Crippen molar-refractivity contribution in [1.29, 1.82) is 0 Å². The third-order valence-corrected chi connectivity index (χ3v) is 4.81. The van der Waals surface area contributed by atoms with Crippen molar-refractivity contribution in [1.82, 2.24) is 9.62 Å². The fraction of sp³-hybridized carbons (Fsp3) is 0.600. The van der Waals surface area contributed by atoms with Gasteiger partial charge in [0.25, 0.3) is 0 Å². The van der Waals surface area contributed by atoms with Crippen LogP contribution in [0.5, 0.6) is 0 Å². The Morgan fingerprint density at radius 3 is 2.35 bits per heavy atom. The molecule has 4 nitrogen and oxygen atoms in total. The number of nitrogens with zero attached hydrogens (tertiary/aromatic N) is 1. The molecule has 0 bridgehead atoms. The topological polar surface area (TPSA) is 49.4 Å². The quantitative estimate of drug-likeness (QED) is 0.749. The van der Waals surface area contributed by atoms with Crippen LogP contribution >= 0.6 is 0 Å². The summed E-state index contributed by atoms with van der Waals surface area (Å²) < 4.78 is 24.4. The van der Waals surface area contributed by atoms with Crippen LogP contribution in [0.1, 0.15) is 37.4 Å². The van der Waals surface area contributed by atoms with E-state index in [0.717, 1.165) is 13.0 Å². The summed E-state index contributed by atoms with van der Waals surface area (Å²) in [5.41, 5.74) is 2.51. The van der Waals surface area contributed by atoms with Crippen LogP contribution in [0.3, 0.4) is 0 Å². The largest absolute Gasteiger partial charge is 0.310 e. The molecular formula is C15H26N2O2S. The molecule has 114 valence electrons. The second-order valence-corrected chi connectivity index (χ2v) is 7.18. The van der Waals surface area contributed by atoms with E-state index in [1.165, 1.54) is 21.7 Å². The molecule has 0 spiro atoms. The van der Waals surface area contributed by atoms with Gasteiger partial charge in [-0.1, -0.05) is 36.8 Å². The number of sulfonamides is 1. The van der Waals surface area contributed by atoms with Crippen molar-refractivity contribution in [3.8, 4) is 0 Å². The predicted molar refractivity (Wildman–Crippen MR) is 84.3 cm³/mol. The Labute approximate surface area is 123 Å². The summed E-state index contributed by atoms with van der Waals surface area (Å²) >= 11 is 0. The van der Waals surface area contributed by atoms with Gasteiger partial charge in [-0.2, -0.15) is 0 Å². The van der Waals surface area contributed by atoms with E-state index < -0.39 is 10.0 Å². The molecule has 20 heavy (non-hydrogen) atoms. The fourth-order valence-corrected chi connectivity index (χ4v) is 3.04. The van der Waals surface area contributed by atoms with Crippen LogP contribution in [0, 0.1) is 6.92 Å².